The highest BCUT2D eigenvalue weighted by atomic mass is 16.5. The first-order chi connectivity index (χ1) is 12.4. The molecule has 0 heterocycles. The van der Waals surface area contributed by atoms with E-state index in [0.717, 1.165) is 0 Å². The average molecular weight is 393 g/mol. The first kappa shape index (κ1) is 30.3. The minimum Gasteiger partial charge on any atom is -0.395 e. The molecule has 0 aromatic rings. The molecule has 0 rings (SSSR count). The van der Waals surface area contributed by atoms with Crippen molar-refractivity contribution in [1.82, 2.24) is 0 Å². The molecule has 0 fully saturated rings. The molecule has 4 atom stereocenters. The predicted octanol–water partition coefficient (Wildman–Crippen LogP) is -5.64. The number of rotatable bonds is 13. The summed E-state index contributed by atoms with van der Waals surface area (Å²) in [6.07, 6.45) is -6.39. The minimum absolute atomic E-state index is 0.0417. The fourth-order valence-electron chi connectivity index (χ4n) is 1.12. The van der Waals surface area contributed by atoms with Crippen LogP contribution in [0.4, 0.5) is 0 Å². The SMILES string of the molecule is NCCO.OCCOCCOCCO.OC[C@@H](O)[C@@H](O)[C@H](O)[C@@H](O)CO. The smallest absolute Gasteiger partial charge is 0.111 e. The van der Waals surface area contributed by atoms with E-state index in [4.69, 9.17) is 61.2 Å². The Hall–Kier alpha value is -0.480. The van der Waals surface area contributed by atoms with Gasteiger partial charge in [-0.1, -0.05) is 0 Å². The van der Waals surface area contributed by atoms with Gasteiger partial charge in [-0.2, -0.15) is 0 Å². The van der Waals surface area contributed by atoms with Crippen LogP contribution in [-0.4, -0.2) is 136 Å². The van der Waals surface area contributed by atoms with Crippen LogP contribution in [0.3, 0.4) is 0 Å². The van der Waals surface area contributed by atoms with E-state index in [1.807, 2.05) is 0 Å². The van der Waals surface area contributed by atoms with Crippen molar-refractivity contribution in [3.05, 3.63) is 0 Å². The number of nitrogens with two attached hydrogens (primary N) is 1. The first-order valence-electron chi connectivity index (χ1n) is 7.99. The Kier molecular flexibility index (Phi) is 28.5. The summed E-state index contributed by atoms with van der Waals surface area (Å²) in [5, 5.41) is 76.5. The summed E-state index contributed by atoms with van der Waals surface area (Å²) in [4.78, 5) is 0. The van der Waals surface area contributed by atoms with Crippen LogP contribution in [0, 0.1) is 0 Å². The Morgan fingerprint density at radius 1 is 0.577 bits per heavy atom. The molecule has 0 unspecified atom stereocenters. The van der Waals surface area contributed by atoms with Crippen molar-refractivity contribution in [1.29, 1.82) is 0 Å². The number of aliphatic hydroxyl groups excluding tert-OH is 9. The average Bonchev–Trinajstić information content (AvgIpc) is 2.68. The summed E-state index contributed by atoms with van der Waals surface area (Å²) in [6.45, 7) is 0.749. The Bertz CT molecular complexity index is 227. The maximum atomic E-state index is 8.96. The monoisotopic (exact) mass is 393 g/mol. The van der Waals surface area contributed by atoms with Crippen LogP contribution in [0.15, 0.2) is 0 Å². The molecular weight excluding hydrogens is 358 g/mol. The third-order valence-electron chi connectivity index (χ3n) is 2.48. The van der Waals surface area contributed by atoms with Crippen LogP contribution in [0.2, 0.25) is 0 Å². The zero-order chi connectivity index (χ0) is 20.8. The van der Waals surface area contributed by atoms with Gasteiger partial charge in [-0.05, 0) is 0 Å². The molecule has 12 nitrogen and oxygen atoms in total. The molecule has 0 spiro atoms. The van der Waals surface area contributed by atoms with E-state index in [0.29, 0.717) is 33.0 Å². The molecule has 0 bridgehead atoms. The highest BCUT2D eigenvalue weighted by Crippen LogP contribution is 2.04. The van der Waals surface area contributed by atoms with Gasteiger partial charge in [-0.15, -0.1) is 0 Å². The third-order valence-corrected chi connectivity index (χ3v) is 2.48. The molecule has 162 valence electrons. The van der Waals surface area contributed by atoms with Crippen LogP contribution < -0.4 is 5.73 Å². The van der Waals surface area contributed by atoms with Crippen LogP contribution >= 0.6 is 0 Å². The maximum Gasteiger partial charge on any atom is 0.111 e. The predicted molar refractivity (Wildman–Crippen MR) is 90.1 cm³/mol. The van der Waals surface area contributed by atoms with Crippen molar-refractivity contribution in [2.45, 2.75) is 24.4 Å². The lowest BCUT2D eigenvalue weighted by atomic mass is 10.0. The topological polar surface area (TPSA) is 227 Å². The summed E-state index contributed by atoms with van der Waals surface area (Å²) >= 11 is 0. The van der Waals surface area contributed by atoms with Gasteiger partial charge in [-0.25, -0.2) is 0 Å². The summed E-state index contributed by atoms with van der Waals surface area (Å²) in [5.41, 5.74) is 4.78. The number of ether oxygens (including phenoxy) is 2. The van der Waals surface area contributed by atoms with Gasteiger partial charge in [0.15, 0.2) is 0 Å². The second-order valence-corrected chi connectivity index (χ2v) is 4.67. The quantitative estimate of drug-likeness (QED) is 0.132. The summed E-state index contributed by atoms with van der Waals surface area (Å²) in [5.74, 6) is 0. The molecule has 0 amide bonds. The largest absolute Gasteiger partial charge is 0.395 e. The van der Waals surface area contributed by atoms with E-state index in [2.05, 4.69) is 0 Å². The van der Waals surface area contributed by atoms with Crippen molar-refractivity contribution >= 4 is 0 Å². The molecule has 0 saturated carbocycles. The molecule has 0 saturated heterocycles. The van der Waals surface area contributed by atoms with Gasteiger partial charge in [-0.3, -0.25) is 0 Å². The van der Waals surface area contributed by atoms with Crippen molar-refractivity contribution in [2.75, 3.05) is 66.0 Å². The van der Waals surface area contributed by atoms with E-state index in [1.165, 1.54) is 0 Å². The van der Waals surface area contributed by atoms with E-state index in [1.54, 1.807) is 0 Å². The Morgan fingerprint density at radius 3 is 1.08 bits per heavy atom. The molecule has 0 aliphatic carbocycles. The third kappa shape index (κ3) is 21.6. The zero-order valence-corrected chi connectivity index (χ0v) is 14.8. The summed E-state index contributed by atoms with van der Waals surface area (Å²) in [6, 6.07) is 0. The minimum atomic E-state index is -1.67. The van der Waals surface area contributed by atoms with Gasteiger partial charge in [0, 0.05) is 6.54 Å². The van der Waals surface area contributed by atoms with Gasteiger partial charge in [0.05, 0.1) is 59.5 Å². The highest BCUT2D eigenvalue weighted by Gasteiger charge is 2.29. The lowest BCUT2D eigenvalue weighted by Gasteiger charge is -2.24. The van der Waals surface area contributed by atoms with Crippen molar-refractivity contribution in [2.24, 2.45) is 5.73 Å². The van der Waals surface area contributed by atoms with Crippen LogP contribution in [0.1, 0.15) is 0 Å². The molecule has 0 aliphatic rings. The first-order valence-corrected chi connectivity index (χ1v) is 7.99. The summed E-state index contributed by atoms with van der Waals surface area (Å²) in [7, 11) is 0. The van der Waals surface area contributed by atoms with Crippen LogP contribution in [-0.2, 0) is 9.47 Å². The molecule has 0 radical (unpaired) electrons. The van der Waals surface area contributed by atoms with E-state index in [9.17, 15) is 0 Å². The van der Waals surface area contributed by atoms with Crippen molar-refractivity contribution in [3.8, 4) is 0 Å². The summed E-state index contributed by atoms with van der Waals surface area (Å²) < 4.78 is 9.75. The van der Waals surface area contributed by atoms with Crippen molar-refractivity contribution < 1.29 is 55.4 Å². The fourth-order valence-corrected chi connectivity index (χ4v) is 1.12. The van der Waals surface area contributed by atoms with Crippen LogP contribution in [0.25, 0.3) is 0 Å². The van der Waals surface area contributed by atoms with Crippen molar-refractivity contribution in [3.63, 3.8) is 0 Å². The van der Waals surface area contributed by atoms with Gasteiger partial charge >= 0.3 is 0 Å². The second kappa shape index (κ2) is 24.5. The fraction of sp³-hybridized carbons (Fsp3) is 1.00. The lowest BCUT2D eigenvalue weighted by Crippen LogP contribution is -2.46. The molecule has 0 aromatic heterocycles. The lowest BCUT2D eigenvalue weighted by molar-refractivity contribution is -0.123. The molecule has 11 N–H and O–H groups in total. The van der Waals surface area contributed by atoms with Gasteiger partial charge in [0.1, 0.15) is 24.4 Å². The second-order valence-electron chi connectivity index (χ2n) is 4.67. The molecule has 0 aliphatic heterocycles. The maximum absolute atomic E-state index is 8.96. The Morgan fingerprint density at radius 2 is 0.885 bits per heavy atom. The van der Waals surface area contributed by atoms with E-state index >= 15 is 0 Å². The number of hydrogen-bond acceptors (Lipinski definition) is 12. The van der Waals surface area contributed by atoms with Crippen LogP contribution in [0.5, 0.6) is 0 Å². The Labute approximate surface area is 152 Å². The molecule has 26 heavy (non-hydrogen) atoms. The van der Waals surface area contributed by atoms with Gasteiger partial charge < -0.3 is 61.2 Å². The Balaban J connectivity index is -0.000000341. The highest BCUT2D eigenvalue weighted by molar-refractivity contribution is 4.79. The van der Waals surface area contributed by atoms with Gasteiger partial charge in [0.25, 0.3) is 0 Å². The molecule has 12 heteroatoms. The standard InChI is InChI=1S/C6H14O6.C6H14O4.C2H7NO/c7-1-3(9)5(11)6(12)4(10)2-8;7-1-3-9-5-6-10-4-2-8;3-1-2-4/h3-12H,1-2H2;7-8H,1-6H2;4H,1-3H2/t3-,4+,5-,6-;;/m1../s1. The number of hydrogen-bond donors (Lipinski definition) is 10. The zero-order valence-electron chi connectivity index (χ0n) is 14.8. The molecule has 0 aromatic carbocycles. The van der Waals surface area contributed by atoms with Gasteiger partial charge in [0.2, 0.25) is 0 Å². The van der Waals surface area contributed by atoms with E-state index < -0.39 is 37.6 Å². The molecular formula is C14H35NO11. The van der Waals surface area contributed by atoms with E-state index in [-0.39, 0.29) is 19.8 Å². The normalized spacial score (nSPS) is 15.0. The number of aliphatic hydroxyl groups is 9.